The summed E-state index contributed by atoms with van der Waals surface area (Å²) in [5, 5.41) is 0. The number of allylic oxidation sites excluding steroid dienone is 4. The van der Waals surface area contributed by atoms with Crippen molar-refractivity contribution in [2.75, 3.05) is 0 Å². The second-order valence-corrected chi connectivity index (χ2v) is 9.69. The van der Waals surface area contributed by atoms with Crippen LogP contribution in [0, 0.1) is 10.8 Å². The minimum atomic E-state index is -0.930. The molecule has 0 saturated carbocycles. The lowest BCUT2D eigenvalue weighted by Crippen LogP contribution is -2.55. The van der Waals surface area contributed by atoms with Crippen molar-refractivity contribution in [2.24, 2.45) is 10.8 Å². The third-order valence-electron chi connectivity index (χ3n) is 6.71. The average Bonchev–Trinajstić information content (AvgIpc) is 2.99. The van der Waals surface area contributed by atoms with Crippen LogP contribution in [-0.2, 0) is 19.0 Å². The number of carbonyl (C=O) groups excluding carboxylic acids is 2. The van der Waals surface area contributed by atoms with Gasteiger partial charge in [0.1, 0.15) is 6.10 Å². The summed E-state index contributed by atoms with van der Waals surface area (Å²) in [6.07, 6.45) is 11.1. The van der Waals surface area contributed by atoms with Gasteiger partial charge in [-0.25, -0.2) is 4.79 Å². The minimum absolute atomic E-state index is 0.314. The Balaban J connectivity index is 2.68. The Hall–Kier alpha value is -2.30. The lowest BCUT2D eigenvalue weighted by atomic mass is 9.60. The van der Waals surface area contributed by atoms with Crippen LogP contribution in [0.3, 0.4) is 0 Å². The van der Waals surface area contributed by atoms with Crippen molar-refractivity contribution in [1.82, 2.24) is 0 Å². The van der Waals surface area contributed by atoms with E-state index in [-0.39, 0.29) is 12.1 Å². The fourth-order valence-electron chi connectivity index (χ4n) is 5.00. The summed E-state index contributed by atoms with van der Waals surface area (Å²) in [4.78, 5) is 24.5. The molecule has 4 atom stereocenters. The largest absolute Gasteiger partial charge is 0.509 e. The second-order valence-electron chi connectivity index (χ2n) is 9.69. The van der Waals surface area contributed by atoms with Crippen LogP contribution in [0.4, 0.5) is 4.79 Å². The fraction of sp³-hybridized carbons (Fsp3) is 0.615. The van der Waals surface area contributed by atoms with Gasteiger partial charge in [0.25, 0.3) is 0 Å². The van der Waals surface area contributed by atoms with Crippen LogP contribution in [0.5, 0.6) is 0 Å². The molecule has 5 heteroatoms. The summed E-state index contributed by atoms with van der Waals surface area (Å²) in [5.41, 5.74) is 0.0961. The first kappa shape index (κ1) is 25.0. The first-order valence-electron chi connectivity index (χ1n) is 11.1. The number of ether oxygens (including phenoxy) is 3. The molecular weight excluding hydrogens is 392 g/mol. The van der Waals surface area contributed by atoms with Crippen molar-refractivity contribution in [1.29, 1.82) is 0 Å². The Morgan fingerprint density at radius 3 is 2.55 bits per heavy atom. The van der Waals surface area contributed by atoms with E-state index in [9.17, 15) is 9.59 Å². The normalized spacial score (nSPS) is 30.9. The molecule has 0 aromatic carbocycles. The molecule has 1 aliphatic heterocycles. The van der Waals surface area contributed by atoms with E-state index in [2.05, 4.69) is 45.6 Å². The molecule has 0 amide bonds. The predicted molar refractivity (Wildman–Crippen MR) is 123 cm³/mol. The Bertz CT molecular complexity index is 799. The maximum Gasteiger partial charge on any atom is 0.509 e. The van der Waals surface area contributed by atoms with Gasteiger partial charge in [-0.2, -0.15) is 0 Å². The Morgan fingerprint density at radius 2 is 2.00 bits per heavy atom. The van der Waals surface area contributed by atoms with Crippen LogP contribution < -0.4 is 0 Å². The molecule has 0 spiro atoms. The van der Waals surface area contributed by atoms with E-state index < -0.39 is 28.7 Å². The molecule has 31 heavy (non-hydrogen) atoms. The summed E-state index contributed by atoms with van der Waals surface area (Å²) in [5.74, 6) is -0.314. The van der Waals surface area contributed by atoms with Gasteiger partial charge in [0, 0.05) is 24.2 Å². The van der Waals surface area contributed by atoms with Crippen LogP contribution in [0.2, 0.25) is 0 Å². The van der Waals surface area contributed by atoms with Gasteiger partial charge in [-0.05, 0) is 45.6 Å². The zero-order chi connectivity index (χ0) is 23.4. The van der Waals surface area contributed by atoms with Gasteiger partial charge in [-0.3, -0.25) is 4.79 Å². The highest BCUT2D eigenvalue weighted by Gasteiger charge is 2.63. The Kier molecular flexibility index (Phi) is 7.61. The maximum atomic E-state index is 12.6. The zero-order valence-corrected chi connectivity index (χ0v) is 20.1. The lowest BCUT2D eigenvalue weighted by Gasteiger charge is -2.48. The van der Waals surface area contributed by atoms with E-state index in [1.165, 1.54) is 6.92 Å². The highest BCUT2D eigenvalue weighted by molar-refractivity contribution is 5.67. The molecule has 2 rings (SSSR count). The number of rotatable bonds is 8. The number of hydrogen-bond acceptors (Lipinski definition) is 5. The summed E-state index contributed by atoms with van der Waals surface area (Å²) in [7, 11) is 0. The van der Waals surface area contributed by atoms with Gasteiger partial charge in [0.05, 0.1) is 0 Å². The van der Waals surface area contributed by atoms with Crippen LogP contribution in [0.1, 0.15) is 74.1 Å². The first-order chi connectivity index (χ1) is 14.4. The highest BCUT2D eigenvalue weighted by Crippen LogP contribution is 2.54. The third-order valence-corrected chi connectivity index (χ3v) is 6.71. The fourth-order valence-corrected chi connectivity index (χ4v) is 5.00. The number of carbonyl (C=O) groups is 2. The van der Waals surface area contributed by atoms with E-state index in [1.54, 1.807) is 0 Å². The molecule has 1 heterocycles. The van der Waals surface area contributed by atoms with Crippen LogP contribution in [0.25, 0.3) is 0 Å². The molecule has 2 aliphatic rings. The molecule has 0 aromatic heterocycles. The van der Waals surface area contributed by atoms with Gasteiger partial charge in [0.15, 0.2) is 11.7 Å². The predicted octanol–water partition coefficient (Wildman–Crippen LogP) is 6.45. The lowest BCUT2D eigenvalue weighted by molar-refractivity contribution is -0.153. The molecule has 1 fully saturated rings. The van der Waals surface area contributed by atoms with E-state index in [1.807, 2.05) is 32.9 Å². The Labute approximate surface area is 187 Å². The van der Waals surface area contributed by atoms with Gasteiger partial charge < -0.3 is 14.2 Å². The van der Waals surface area contributed by atoms with Crippen molar-refractivity contribution >= 4 is 12.1 Å². The third kappa shape index (κ3) is 4.81. The smallest absolute Gasteiger partial charge is 0.462 e. The van der Waals surface area contributed by atoms with Crippen molar-refractivity contribution in [3.05, 3.63) is 48.1 Å². The topological polar surface area (TPSA) is 61.8 Å². The molecule has 172 valence electrons. The molecule has 5 nitrogen and oxygen atoms in total. The van der Waals surface area contributed by atoms with Crippen molar-refractivity contribution in [2.45, 2.75) is 92.0 Å². The molecule has 1 saturated heterocycles. The SMILES string of the molecule is C=CC[C@@]1(C)C([C@@H]2OC(=O)O[C@@]2(CC=C(C)C)C(C)(C)/C=C/C)=CCC[C@@H]1OC(C)=O. The second kappa shape index (κ2) is 9.46. The van der Waals surface area contributed by atoms with Crippen molar-refractivity contribution in [3.8, 4) is 0 Å². The Morgan fingerprint density at radius 1 is 1.32 bits per heavy atom. The summed E-state index contributed by atoms with van der Waals surface area (Å²) >= 11 is 0. The molecule has 0 N–H and O–H groups in total. The van der Waals surface area contributed by atoms with E-state index >= 15 is 0 Å². The van der Waals surface area contributed by atoms with E-state index in [4.69, 9.17) is 14.2 Å². The standard InChI is InChI=1S/C26H38O5/c1-9-15-24(6,7)26(17-14-18(3)4)22(30-23(28)31-26)20-12-11-13-21(29-19(5)27)25(20,8)16-10-2/h9-10,12,14-15,21-22H,2,11,13,16-17H2,1,3-8H3/b15-9+/t21-,22-,25-,26+/m0/s1. The quantitative estimate of drug-likeness (QED) is 0.327. The molecule has 1 aliphatic carbocycles. The monoisotopic (exact) mass is 430 g/mol. The van der Waals surface area contributed by atoms with Gasteiger partial charge in [0.2, 0.25) is 0 Å². The van der Waals surface area contributed by atoms with Gasteiger partial charge >= 0.3 is 12.1 Å². The highest BCUT2D eigenvalue weighted by atomic mass is 16.8. The summed E-state index contributed by atoms with van der Waals surface area (Å²) in [6, 6.07) is 0. The van der Waals surface area contributed by atoms with Crippen molar-refractivity contribution in [3.63, 3.8) is 0 Å². The summed E-state index contributed by atoms with van der Waals surface area (Å²) in [6.45, 7) is 17.6. The molecule has 0 radical (unpaired) electrons. The average molecular weight is 431 g/mol. The summed E-state index contributed by atoms with van der Waals surface area (Å²) < 4.78 is 17.7. The maximum absolute atomic E-state index is 12.6. The van der Waals surface area contributed by atoms with Crippen LogP contribution >= 0.6 is 0 Å². The number of cyclic esters (lactones) is 2. The number of hydrogen-bond donors (Lipinski definition) is 0. The van der Waals surface area contributed by atoms with E-state index in [0.717, 1.165) is 17.6 Å². The van der Waals surface area contributed by atoms with Crippen molar-refractivity contribution < 1.29 is 23.8 Å². The number of esters is 1. The van der Waals surface area contributed by atoms with Crippen LogP contribution in [0.15, 0.2) is 48.1 Å². The molecule has 0 bridgehead atoms. The van der Waals surface area contributed by atoms with Gasteiger partial charge in [-0.1, -0.05) is 56.7 Å². The van der Waals surface area contributed by atoms with E-state index in [0.29, 0.717) is 19.3 Å². The van der Waals surface area contributed by atoms with Gasteiger partial charge in [-0.15, -0.1) is 6.58 Å². The minimum Gasteiger partial charge on any atom is -0.462 e. The first-order valence-corrected chi connectivity index (χ1v) is 11.1. The van der Waals surface area contributed by atoms with Crippen LogP contribution in [-0.4, -0.2) is 29.9 Å². The molecule has 0 aromatic rings. The zero-order valence-electron chi connectivity index (χ0n) is 20.1. The molecular formula is C26H38O5. The molecule has 0 unspecified atom stereocenters.